The van der Waals surface area contributed by atoms with Crippen LogP contribution in [0.5, 0.6) is 0 Å². The number of nitrogens with zero attached hydrogens (tertiary/aromatic N) is 3. The van der Waals surface area contributed by atoms with Gasteiger partial charge >= 0.3 is 6.03 Å². The molecule has 2 saturated heterocycles. The molecule has 1 unspecified atom stereocenters. The number of likely N-dealkylation sites (tertiary alicyclic amines) is 2. The maximum absolute atomic E-state index is 15.0. The van der Waals surface area contributed by atoms with Gasteiger partial charge in [-0.1, -0.05) is 30.3 Å². The summed E-state index contributed by atoms with van der Waals surface area (Å²) in [5.41, 5.74) is -0.269. The van der Waals surface area contributed by atoms with Crippen molar-refractivity contribution in [3.05, 3.63) is 35.9 Å². The summed E-state index contributed by atoms with van der Waals surface area (Å²) in [6.07, 6.45) is 3.98. The van der Waals surface area contributed by atoms with E-state index in [0.29, 0.717) is 31.5 Å². The first kappa shape index (κ1) is 24.0. The quantitative estimate of drug-likeness (QED) is 0.593. The number of hydrogen-bond acceptors (Lipinski definition) is 4. The second kappa shape index (κ2) is 9.05. The maximum Gasteiger partial charge on any atom is 0.318 e. The lowest BCUT2D eigenvalue weighted by atomic mass is 9.72. The standard InChI is InChI=1S/C26H33F2N5O2/c27-26(28,14-19-4-2-1-3-5-19)15-21(22(34)31-25(16-29)8-9-25)30-23(35)32-12-10-24(11-13-32)17-33(18-24)20-6-7-20/h1-5,20-21H,6-15,17-18H2,(H,30,35)(H,31,34). The molecule has 0 radical (unpaired) electrons. The van der Waals surface area contributed by atoms with Crippen LogP contribution in [0.25, 0.3) is 0 Å². The van der Waals surface area contributed by atoms with Crippen molar-refractivity contribution in [2.24, 2.45) is 5.41 Å². The Hall–Kier alpha value is -2.73. The molecule has 7 nitrogen and oxygen atoms in total. The fourth-order valence-electron chi connectivity index (χ4n) is 5.44. The minimum absolute atomic E-state index is 0.268. The summed E-state index contributed by atoms with van der Waals surface area (Å²) in [4.78, 5) is 30.1. The molecular weight excluding hydrogens is 452 g/mol. The number of carbonyl (C=O) groups is 2. The average Bonchev–Trinajstić information content (AvgIpc) is 3.73. The number of hydrogen-bond donors (Lipinski definition) is 2. The van der Waals surface area contributed by atoms with Crippen LogP contribution in [0.15, 0.2) is 30.3 Å². The lowest BCUT2D eigenvalue weighted by Crippen LogP contribution is -2.62. The molecule has 2 heterocycles. The molecule has 0 aromatic heterocycles. The number of halogens is 2. The largest absolute Gasteiger partial charge is 0.336 e. The SMILES string of the molecule is N#CC1(NC(=O)C(CC(F)(F)Cc2ccccc2)NC(=O)N2CCC3(CC2)CN(C2CC2)C3)CC1. The molecule has 1 spiro atoms. The summed E-state index contributed by atoms with van der Waals surface area (Å²) in [7, 11) is 0. The van der Waals surface area contributed by atoms with Gasteiger partial charge in [-0.05, 0) is 49.5 Å². The molecule has 1 atom stereocenters. The molecule has 1 aromatic carbocycles. The highest BCUT2D eigenvalue weighted by Crippen LogP contribution is 2.45. The summed E-state index contributed by atoms with van der Waals surface area (Å²) in [5.74, 6) is -3.93. The van der Waals surface area contributed by atoms with E-state index in [1.807, 2.05) is 6.07 Å². The smallest absolute Gasteiger partial charge is 0.318 e. The Morgan fingerprint density at radius 1 is 1.11 bits per heavy atom. The van der Waals surface area contributed by atoms with Crippen molar-refractivity contribution in [3.63, 3.8) is 0 Å². The van der Waals surface area contributed by atoms with Crippen molar-refractivity contribution >= 4 is 11.9 Å². The molecule has 35 heavy (non-hydrogen) atoms. The summed E-state index contributed by atoms with van der Waals surface area (Å²) >= 11 is 0. The van der Waals surface area contributed by atoms with Crippen LogP contribution < -0.4 is 10.6 Å². The Morgan fingerprint density at radius 3 is 2.34 bits per heavy atom. The van der Waals surface area contributed by atoms with Crippen LogP contribution in [0, 0.1) is 16.7 Å². The first-order valence-corrected chi connectivity index (χ1v) is 12.7. The molecule has 2 aliphatic carbocycles. The lowest BCUT2D eigenvalue weighted by Gasteiger charge is -2.54. The van der Waals surface area contributed by atoms with E-state index >= 15 is 0 Å². The zero-order valence-electron chi connectivity index (χ0n) is 19.9. The topological polar surface area (TPSA) is 88.5 Å². The van der Waals surface area contributed by atoms with E-state index in [1.54, 1.807) is 35.2 Å². The first-order valence-electron chi connectivity index (χ1n) is 12.7. The Balaban J connectivity index is 1.20. The third kappa shape index (κ3) is 5.58. The van der Waals surface area contributed by atoms with E-state index in [0.717, 1.165) is 32.0 Å². The van der Waals surface area contributed by atoms with Crippen LogP contribution >= 0.6 is 0 Å². The number of alkyl halides is 2. The van der Waals surface area contributed by atoms with E-state index in [2.05, 4.69) is 15.5 Å². The summed E-state index contributed by atoms with van der Waals surface area (Å²) in [5, 5.41) is 14.5. The van der Waals surface area contributed by atoms with Gasteiger partial charge < -0.3 is 15.5 Å². The third-order valence-electron chi connectivity index (χ3n) is 8.00. The molecule has 1 aromatic rings. The zero-order valence-corrected chi connectivity index (χ0v) is 19.9. The number of urea groups is 1. The monoisotopic (exact) mass is 485 g/mol. The summed E-state index contributed by atoms with van der Waals surface area (Å²) < 4.78 is 30.0. The number of nitriles is 1. The molecule has 2 aliphatic heterocycles. The second-order valence-electron chi connectivity index (χ2n) is 11.0. The van der Waals surface area contributed by atoms with E-state index in [1.165, 1.54) is 12.8 Å². The van der Waals surface area contributed by atoms with Crippen LogP contribution in [-0.4, -0.2) is 71.5 Å². The number of rotatable bonds is 8. The van der Waals surface area contributed by atoms with Gasteiger partial charge in [-0.3, -0.25) is 9.69 Å². The maximum atomic E-state index is 15.0. The van der Waals surface area contributed by atoms with Crippen molar-refractivity contribution in [1.82, 2.24) is 20.4 Å². The molecule has 4 aliphatic rings. The van der Waals surface area contributed by atoms with Gasteiger partial charge in [0.05, 0.1) is 6.07 Å². The van der Waals surface area contributed by atoms with E-state index in [4.69, 9.17) is 0 Å². The minimum Gasteiger partial charge on any atom is -0.336 e. The molecule has 9 heteroatoms. The molecule has 2 saturated carbocycles. The van der Waals surface area contributed by atoms with Gasteiger partial charge in [0.15, 0.2) is 0 Å². The predicted molar refractivity (Wildman–Crippen MR) is 126 cm³/mol. The molecule has 3 amide bonds. The Morgan fingerprint density at radius 2 is 1.77 bits per heavy atom. The highest BCUT2D eigenvalue weighted by atomic mass is 19.3. The fourth-order valence-corrected chi connectivity index (χ4v) is 5.44. The Bertz CT molecular complexity index is 987. The first-order chi connectivity index (χ1) is 16.7. The lowest BCUT2D eigenvalue weighted by molar-refractivity contribution is -0.126. The van der Waals surface area contributed by atoms with Crippen molar-refractivity contribution in [1.29, 1.82) is 5.26 Å². The molecule has 2 N–H and O–H groups in total. The zero-order chi connectivity index (χ0) is 24.7. The number of benzene rings is 1. The van der Waals surface area contributed by atoms with E-state index in [9.17, 15) is 23.6 Å². The number of amides is 3. The van der Waals surface area contributed by atoms with Gasteiger partial charge in [-0.25, -0.2) is 13.6 Å². The summed E-state index contributed by atoms with van der Waals surface area (Å²) in [6, 6.07) is 9.26. The molecule has 5 rings (SSSR count). The molecule has 188 valence electrons. The van der Waals surface area contributed by atoms with Gasteiger partial charge in [-0.2, -0.15) is 5.26 Å². The van der Waals surface area contributed by atoms with Crippen LogP contribution in [-0.2, 0) is 11.2 Å². The van der Waals surface area contributed by atoms with Crippen molar-refractivity contribution in [2.45, 2.75) is 74.9 Å². The van der Waals surface area contributed by atoms with Crippen LogP contribution in [0.4, 0.5) is 13.6 Å². The third-order valence-corrected chi connectivity index (χ3v) is 8.00. The average molecular weight is 486 g/mol. The van der Waals surface area contributed by atoms with Gasteiger partial charge in [0, 0.05) is 45.1 Å². The Labute approximate surface area is 204 Å². The molecule has 4 fully saturated rings. The molecular formula is C26H33F2N5O2. The second-order valence-corrected chi connectivity index (χ2v) is 11.0. The van der Waals surface area contributed by atoms with E-state index in [-0.39, 0.29) is 5.41 Å². The minimum atomic E-state index is -3.20. The normalized spacial score (nSPS) is 23.6. The number of piperidine rings is 1. The highest BCUT2D eigenvalue weighted by Gasteiger charge is 2.50. The Kier molecular flexibility index (Phi) is 6.20. The van der Waals surface area contributed by atoms with Gasteiger partial charge in [-0.15, -0.1) is 0 Å². The van der Waals surface area contributed by atoms with Crippen LogP contribution in [0.3, 0.4) is 0 Å². The molecule has 0 bridgehead atoms. The van der Waals surface area contributed by atoms with Crippen LogP contribution in [0.1, 0.15) is 50.5 Å². The fraction of sp³-hybridized carbons (Fsp3) is 0.654. The van der Waals surface area contributed by atoms with Gasteiger partial charge in [0.2, 0.25) is 5.91 Å². The van der Waals surface area contributed by atoms with Gasteiger partial charge in [0.25, 0.3) is 5.92 Å². The van der Waals surface area contributed by atoms with Gasteiger partial charge in [0.1, 0.15) is 11.6 Å². The predicted octanol–water partition coefficient (Wildman–Crippen LogP) is 3.07. The van der Waals surface area contributed by atoms with E-state index < -0.39 is 42.3 Å². The number of carbonyl (C=O) groups excluding carboxylic acids is 2. The highest BCUT2D eigenvalue weighted by molar-refractivity contribution is 5.88. The number of nitrogens with one attached hydrogen (secondary N) is 2. The summed E-state index contributed by atoms with van der Waals surface area (Å²) in [6.45, 7) is 3.28. The van der Waals surface area contributed by atoms with Crippen molar-refractivity contribution < 1.29 is 18.4 Å². The van der Waals surface area contributed by atoms with Crippen LogP contribution in [0.2, 0.25) is 0 Å². The van der Waals surface area contributed by atoms with Crippen molar-refractivity contribution in [2.75, 3.05) is 26.2 Å². The van der Waals surface area contributed by atoms with Crippen molar-refractivity contribution in [3.8, 4) is 6.07 Å².